The van der Waals surface area contributed by atoms with Crippen LogP contribution in [0.15, 0.2) is 30.3 Å². The van der Waals surface area contributed by atoms with Gasteiger partial charge in [-0.15, -0.1) is 0 Å². The highest BCUT2D eigenvalue weighted by atomic mass is 32.2. The number of aromatic amines is 1. The molecular formula is C10H11N3OS. The Labute approximate surface area is 91.4 Å². The van der Waals surface area contributed by atoms with Gasteiger partial charge in [-0.3, -0.25) is 9.93 Å². The maximum absolute atomic E-state index is 11.6. The zero-order chi connectivity index (χ0) is 10.7. The monoisotopic (exact) mass is 221 g/mol. The Bertz CT molecular complexity index is 447. The van der Waals surface area contributed by atoms with Crippen molar-refractivity contribution in [2.24, 2.45) is 5.14 Å². The maximum atomic E-state index is 11.6. The van der Waals surface area contributed by atoms with E-state index in [0.717, 1.165) is 22.9 Å². The van der Waals surface area contributed by atoms with Gasteiger partial charge >= 0.3 is 0 Å². The SMILES string of the molecule is NSCNC(=O)c1cc2ccccc2[nH]1. The molecule has 0 radical (unpaired) electrons. The minimum atomic E-state index is -0.135. The van der Waals surface area contributed by atoms with Crippen LogP contribution in [0.5, 0.6) is 0 Å². The third kappa shape index (κ3) is 2.14. The molecule has 0 unspecified atom stereocenters. The molecular weight excluding hydrogens is 210 g/mol. The first kappa shape index (κ1) is 10.1. The number of H-pyrrole nitrogens is 1. The quantitative estimate of drug-likeness (QED) is 0.543. The van der Waals surface area contributed by atoms with Crippen LogP contribution in [0.1, 0.15) is 10.5 Å². The Morgan fingerprint density at radius 3 is 3.00 bits per heavy atom. The van der Waals surface area contributed by atoms with Gasteiger partial charge in [-0.2, -0.15) is 0 Å². The third-order valence-corrected chi connectivity index (χ3v) is 2.40. The van der Waals surface area contributed by atoms with Gasteiger partial charge in [-0.05, 0) is 12.1 Å². The summed E-state index contributed by atoms with van der Waals surface area (Å²) >= 11 is 1.09. The van der Waals surface area contributed by atoms with Crippen molar-refractivity contribution in [3.8, 4) is 0 Å². The number of aromatic nitrogens is 1. The lowest BCUT2D eigenvalue weighted by Gasteiger charge is -1.98. The molecule has 2 rings (SSSR count). The van der Waals surface area contributed by atoms with E-state index >= 15 is 0 Å². The van der Waals surface area contributed by atoms with Crippen molar-refractivity contribution < 1.29 is 4.79 Å². The maximum Gasteiger partial charge on any atom is 0.268 e. The lowest BCUT2D eigenvalue weighted by Crippen LogP contribution is -2.23. The van der Waals surface area contributed by atoms with E-state index in [1.54, 1.807) is 0 Å². The second-order valence-electron chi connectivity index (χ2n) is 3.09. The number of carbonyl (C=O) groups is 1. The number of fused-ring (bicyclic) bond motifs is 1. The van der Waals surface area contributed by atoms with Gasteiger partial charge in [0.25, 0.3) is 5.91 Å². The summed E-state index contributed by atoms with van der Waals surface area (Å²) in [5.74, 6) is 0.276. The normalized spacial score (nSPS) is 10.5. The van der Waals surface area contributed by atoms with Crippen molar-refractivity contribution in [3.05, 3.63) is 36.0 Å². The molecule has 1 heterocycles. The van der Waals surface area contributed by atoms with Crippen molar-refractivity contribution in [1.82, 2.24) is 10.3 Å². The fourth-order valence-electron chi connectivity index (χ4n) is 1.40. The smallest absolute Gasteiger partial charge is 0.268 e. The van der Waals surface area contributed by atoms with Gasteiger partial charge in [0.15, 0.2) is 0 Å². The van der Waals surface area contributed by atoms with Crippen molar-refractivity contribution >= 4 is 28.8 Å². The third-order valence-electron chi connectivity index (χ3n) is 2.09. The molecule has 0 bridgehead atoms. The first-order chi connectivity index (χ1) is 7.31. The molecule has 0 atom stereocenters. The molecule has 0 fully saturated rings. The minimum Gasteiger partial charge on any atom is -0.351 e. The summed E-state index contributed by atoms with van der Waals surface area (Å²) in [6, 6.07) is 9.58. The second kappa shape index (κ2) is 4.37. The highest BCUT2D eigenvalue weighted by Crippen LogP contribution is 2.14. The van der Waals surface area contributed by atoms with Crippen LogP contribution in [0.4, 0.5) is 0 Å². The van der Waals surface area contributed by atoms with Crippen molar-refractivity contribution in [1.29, 1.82) is 0 Å². The Balaban J connectivity index is 2.25. The van der Waals surface area contributed by atoms with Crippen LogP contribution < -0.4 is 10.5 Å². The molecule has 0 aliphatic heterocycles. The van der Waals surface area contributed by atoms with Gasteiger partial charge in [0.2, 0.25) is 0 Å². The van der Waals surface area contributed by atoms with E-state index in [2.05, 4.69) is 10.3 Å². The predicted molar refractivity (Wildman–Crippen MR) is 62.4 cm³/mol. The lowest BCUT2D eigenvalue weighted by molar-refractivity contribution is 0.0957. The summed E-state index contributed by atoms with van der Waals surface area (Å²) in [7, 11) is 0. The number of hydrogen-bond acceptors (Lipinski definition) is 3. The molecule has 1 amide bonds. The summed E-state index contributed by atoms with van der Waals surface area (Å²) in [6.07, 6.45) is 0. The second-order valence-corrected chi connectivity index (χ2v) is 3.71. The van der Waals surface area contributed by atoms with Crippen LogP contribution in [-0.4, -0.2) is 16.8 Å². The zero-order valence-corrected chi connectivity index (χ0v) is 8.80. The number of benzene rings is 1. The van der Waals surface area contributed by atoms with Gasteiger partial charge in [-0.1, -0.05) is 30.1 Å². The van der Waals surface area contributed by atoms with Crippen LogP contribution in [0.2, 0.25) is 0 Å². The number of carbonyl (C=O) groups excluding carboxylic acids is 1. The average Bonchev–Trinajstić information content (AvgIpc) is 2.69. The average molecular weight is 221 g/mol. The number of hydrogen-bond donors (Lipinski definition) is 3. The molecule has 0 aliphatic carbocycles. The molecule has 0 aliphatic rings. The Morgan fingerprint density at radius 1 is 1.47 bits per heavy atom. The van der Waals surface area contributed by atoms with Crippen molar-refractivity contribution in [3.63, 3.8) is 0 Å². The number of rotatable bonds is 3. The summed E-state index contributed by atoms with van der Waals surface area (Å²) in [4.78, 5) is 14.6. The number of amides is 1. The predicted octanol–water partition coefficient (Wildman–Crippen LogP) is 1.46. The van der Waals surface area contributed by atoms with E-state index in [1.165, 1.54) is 0 Å². The van der Waals surface area contributed by atoms with E-state index in [4.69, 9.17) is 5.14 Å². The van der Waals surface area contributed by atoms with Crippen LogP contribution in [-0.2, 0) is 0 Å². The van der Waals surface area contributed by atoms with Gasteiger partial charge < -0.3 is 10.3 Å². The van der Waals surface area contributed by atoms with Gasteiger partial charge in [-0.25, -0.2) is 0 Å². The van der Waals surface area contributed by atoms with E-state index in [9.17, 15) is 4.79 Å². The molecule has 4 N–H and O–H groups in total. The summed E-state index contributed by atoms with van der Waals surface area (Å²) in [5, 5.41) is 8.93. The highest BCUT2D eigenvalue weighted by Gasteiger charge is 2.07. The standard InChI is InChI=1S/C10H11N3OS/c11-15-6-12-10(14)9-5-7-3-1-2-4-8(7)13-9/h1-5,13H,6,11H2,(H,12,14). The molecule has 78 valence electrons. The Kier molecular flexibility index (Phi) is 2.94. The highest BCUT2D eigenvalue weighted by molar-refractivity contribution is 7.97. The fraction of sp³-hybridized carbons (Fsp3) is 0.100. The summed E-state index contributed by atoms with van der Waals surface area (Å²) in [6.45, 7) is 0. The molecule has 15 heavy (non-hydrogen) atoms. The zero-order valence-electron chi connectivity index (χ0n) is 7.99. The van der Waals surface area contributed by atoms with E-state index in [0.29, 0.717) is 11.6 Å². The topological polar surface area (TPSA) is 70.9 Å². The molecule has 4 nitrogen and oxygen atoms in total. The van der Waals surface area contributed by atoms with Crippen LogP contribution in [0, 0.1) is 0 Å². The Morgan fingerprint density at radius 2 is 2.27 bits per heavy atom. The summed E-state index contributed by atoms with van der Waals surface area (Å²) < 4.78 is 0. The van der Waals surface area contributed by atoms with Crippen LogP contribution >= 0.6 is 11.9 Å². The first-order valence-corrected chi connectivity index (χ1v) is 5.54. The molecule has 0 saturated heterocycles. The van der Waals surface area contributed by atoms with Gasteiger partial charge in [0, 0.05) is 10.9 Å². The van der Waals surface area contributed by atoms with Crippen molar-refractivity contribution in [2.75, 3.05) is 5.88 Å². The molecule has 0 saturated carbocycles. The Hall–Kier alpha value is -1.46. The molecule has 1 aromatic heterocycles. The minimum absolute atomic E-state index is 0.135. The van der Waals surface area contributed by atoms with E-state index < -0.39 is 0 Å². The fourth-order valence-corrected chi connectivity index (χ4v) is 1.61. The molecule has 0 spiro atoms. The van der Waals surface area contributed by atoms with E-state index in [-0.39, 0.29) is 5.91 Å². The molecule has 2 aromatic rings. The number of nitrogens with one attached hydrogen (secondary N) is 2. The van der Waals surface area contributed by atoms with E-state index in [1.807, 2.05) is 30.3 Å². The molecule has 5 heteroatoms. The van der Waals surface area contributed by atoms with Crippen LogP contribution in [0.3, 0.4) is 0 Å². The lowest BCUT2D eigenvalue weighted by atomic mass is 10.2. The largest absolute Gasteiger partial charge is 0.351 e. The van der Waals surface area contributed by atoms with Gasteiger partial charge in [0.05, 0.1) is 5.88 Å². The first-order valence-electron chi connectivity index (χ1n) is 4.49. The summed E-state index contributed by atoms with van der Waals surface area (Å²) in [5.41, 5.74) is 1.52. The molecule has 1 aromatic carbocycles. The number of nitrogens with two attached hydrogens (primary N) is 1. The van der Waals surface area contributed by atoms with Gasteiger partial charge in [0.1, 0.15) is 5.69 Å². The van der Waals surface area contributed by atoms with Crippen LogP contribution in [0.25, 0.3) is 10.9 Å². The number of para-hydroxylation sites is 1. The van der Waals surface area contributed by atoms with Crippen molar-refractivity contribution in [2.45, 2.75) is 0 Å².